The van der Waals surface area contributed by atoms with Crippen LogP contribution in [0.4, 0.5) is 0 Å². The van der Waals surface area contributed by atoms with Crippen molar-refractivity contribution in [2.24, 2.45) is 5.92 Å². The van der Waals surface area contributed by atoms with Gasteiger partial charge in [0.05, 0.1) is 5.02 Å². The van der Waals surface area contributed by atoms with E-state index in [9.17, 15) is 5.11 Å². The average Bonchev–Trinajstić information content (AvgIpc) is 3.28. The molecule has 1 aromatic heterocycles. The highest BCUT2D eigenvalue weighted by Gasteiger charge is 2.27. The maximum absolute atomic E-state index is 10.3. The van der Waals surface area contributed by atoms with Crippen LogP contribution in [0.2, 0.25) is 5.02 Å². The van der Waals surface area contributed by atoms with Crippen LogP contribution in [0.5, 0.6) is 5.75 Å². The summed E-state index contributed by atoms with van der Waals surface area (Å²) < 4.78 is 5.63. The van der Waals surface area contributed by atoms with Crippen molar-refractivity contribution < 1.29 is 9.84 Å². The quantitative estimate of drug-likeness (QED) is 0.647. The van der Waals surface area contributed by atoms with Gasteiger partial charge in [-0.3, -0.25) is 0 Å². The van der Waals surface area contributed by atoms with Crippen molar-refractivity contribution in [2.45, 2.75) is 37.8 Å². The third-order valence-electron chi connectivity index (χ3n) is 4.56. The third kappa shape index (κ3) is 5.87. The lowest BCUT2D eigenvalue weighted by Gasteiger charge is -2.25. The number of hydrogen-bond donors (Lipinski definition) is 2. The molecule has 2 aromatic rings. The first-order chi connectivity index (χ1) is 11.7. The van der Waals surface area contributed by atoms with E-state index in [4.69, 9.17) is 16.3 Å². The molecule has 1 fully saturated rings. The maximum atomic E-state index is 10.3. The molecular formula is C19H25Cl2NO2S. The number of nitrogens with one attached hydrogen (secondary N) is 1. The van der Waals surface area contributed by atoms with Gasteiger partial charge in [-0.25, -0.2) is 0 Å². The second-order valence-corrected chi connectivity index (χ2v) is 7.73. The Morgan fingerprint density at radius 2 is 1.96 bits per heavy atom. The monoisotopic (exact) mass is 401 g/mol. The summed E-state index contributed by atoms with van der Waals surface area (Å²) in [4.78, 5) is 1.36. The number of benzene rings is 1. The van der Waals surface area contributed by atoms with E-state index in [0.29, 0.717) is 29.3 Å². The number of halogens is 2. The van der Waals surface area contributed by atoms with Crippen LogP contribution in [0.1, 0.15) is 36.6 Å². The summed E-state index contributed by atoms with van der Waals surface area (Å²) >= 11 is 7.86. The Morgan fingerprint density at radius 3 is 2.64 bits per heavy atom. The van der Waals surface area contributed by atoms with Gasteiger partial charge in [0.2, 0.25) is 0 Å². The van der Waals surface area contributed by atoms with Gasteiger partial charge in [-0.05, 0) is 42.3 Å². The second kappa shape index (κ2) is 10.4. The zero-order chi connectivity index (χ0) is 16.8. The number of thiophene rings is 1. The van der Waals surface area contributed by atoms with Crippen molar-refractivity contribution in [1.29, 1.82) is 0 Å². The minimum Gasteiger partial charge on any atom is -0.489 e. The van der Waals surface area contributed by atoms with Crippen LogP contribution in [0.3, 0.4) is 0 Å². The van der Waals surface area contributed by atoms with Crippen molar-refractivity contribution in [3.63, 3.8) is 0 Å². The summed E-state index contributed by atoms with van der Waals surface area (Å²) in [6.45, 7) is 0.752. The lowest BCUT2D eigenvalue weighted by atomic mass is 9.96. The fraction of sp³-hybridized carbons (Fsp3) is 0.474. The van der Waals surface area contributed by atoms with Gasteiger partial charge in [-0.2, -0.15) is 0 Å². The Balaban J connectivity index is 0.00000225. The lowest BCUT2D eigenvalue weighted by Crippen LogP contribution is -2.36. The second-order valence-electron chi connectivity index (χ2n) is 6.34. The zero-order valence-electron chi connectivity index (χ0n) is 14.1. The molecule has 25 heavy (non-hydrogen) atoms. The molecule has 2 N–H and O–H groups in total. The van der Waals surface area contributed by atoms with E-state index in [1.165, 1.54) is 30.6 Å². The molecule has 0 bridgehead atoms. The molecule has 0 radical (unpaired) electrons. The van der Waals surface area contributed by atoms with E-state index >= 15 is 0 Å². The summed E-state index contributed by atoms with van der Waals surface area (Å²) in [5.41, 5.74) is 0. The molecule has 1 aromatic carbocycles. The highest BCUT2D eigenvalue weighted by molar-refractivity contribution is 7.10. The summed E-state index contributed by atoms with van der Waals surface area (Å²) in [6, 6.07) is 12.0. The lowest BCUT2D eigenvalue weighted by molar-refractivity contribution is 0.101. The topological polar surface area (TPSA) is 41.5 Å². The van der Waals surface area contributed by atoms with Crippen molar-refractivity contribution in [1.82, 2.24) is 5.32 Å². The standard InChI is InChI=1S/C19H24ClNO2S.ClH/c20-16-8-3-4-9-17(16)23-13-15(22)12-21-19(14-6-1-2-7-14)18-10-5-11-24-18;/h3-5,8-11,14-15,19,21-22H,1-2,6-7,12-13H2;1H. The molecule has 138 valence electrons. The molecule has 0 saturated heterocycles. The Kier molecular flexibility index (Phi) is 8.53. The van der Waals surface area contributed by atoms with E-state index < -0.39 is 6.10 Å². The van der Waals surface area contributed by atoms with Gasteiger partial charge >= 0.3 is 0 Å². The minimum absolute atomic E-state index is 0. The Labute approximate surface area is 164 Å². The van der Waals surface area contributed by atoms with Crippen LogP contribution in [0.15, 0.2) is 41.8 Å². The molecular weight excluding hydrogens is 377 g/mol. The number of aliphatic hydroxyl groups excluding tert-OH is 1. The number of ether oxygens (including phenoxy) is 1. The van der Waals surface area contributed by atoms with Crippen molar-refractivity contribution in [2.75, 3.05) is 13.2 Å². The van der Waals surface area contributed by atoms with Gasteiger partial charge in [0.15, 0.2) is 0 Å². The predicted molar refractivity (Wildman–Crippen MR) is 107 cm³/mol. The minimum atomic E-state index is -0.565. The maximum Gasteiger partial charge on any atom is 0.138 e. The highest BCUT2D eigenvalue weighted by Crippen LogP contribution is 2.37. The van der Waals surface area contributed by atoms with Crippen LogP contribution < -0.4 is 10.1 Å². The van der Waals surface area contributed by atoms with Gasteiger partial charge in [0, 0.05) is 17.5 Å². The van der Waals surface area contributed by atoms with Gasteiger partial charge in [-0.15, -0.1) is 23.7 Å². The molecule has 3 nitrogen and oxygen atoms in total. The number of para-hydroxylation sites is 1. The predicted octanol–water partition coefficient (Wildman–Crippen LogP) is 5.08. The fourth-order valence-electron chi connectivity index (χ4n) is 3.33. The molecule has 2 atom stereocenters. The first-order valence-corrected chi connectivity index (χ1v) is 9.82. The van der Waals surface area contributed by atoms with Crippen LogP contribution in [0, 0.1) is 5.92 Å². The van der Waals surface area contributed by atoms with Gasteiger partial charge in [-0.1, -0.05) is 42.6 Å². The van der Waals surface area contributed by atoms with Gasteiger partial charge < -0.3 is 15.2 Å². The number of rotatable bonds is 8. The van der Waals surface area contributed by atoms with E-state index in [1.807, 2.05) is 18.2 Å². The van der Waals surface area contributed by atoms with E-state index in [2.05, 4.69) is 22.8 Å². The molecule has 1 aliphatic carbocycles. The van der Waals surface area contributed by atoms with E-state index in [0.717, 1.165) is 0 Å². The molecule has 0 amide bonds. The molecule has 1 heterocycles. The highest BCUT2D eigenvalue weighted by atomic mass is 35.5. The van der Waals surface area contributed by atoms with Crippen LogP contribution >= 0.6 is 35.3 Å². The average molecular weight is 402 g/mol. The van der Waals surface area contributed by atoms with Crippen molar-refractivity contribution in [3.8, 4) is 5.75 Å². The van der Waals surface area contributed by atoms with Crippen LogP contribution in [0.25, 0.3) is 0 Å². The van der Waals surface area contributed by atoms with Crippen LogP contribution in [-0.2, 0) is 0 Å². The summed E-state index contributed by atoms with van der Waals surface area (Å²) in [5, 5.41) is 16.5. The fourth-order valence-corrected chi connectivity index (χ4v) is 4.41. The Bertz CT molecular complexity index is 618. The van der Waals surface area contributed by atoms with Gasteiger partial charge in [0.25, 0.3) is 0 Å². The van der Waals surface area contributed by atoms with Crippen molar-refractivity contribution in [3.05, 3.63) is 51.7 Å². The first kappa shape index (κ1) is 20.5. The molecule has 0 spiro atoms. The molecule has 1 saturated carbocycles. The molecule has 6 heteroatoms. The van der Waals surface area contributed by atoms with Gasteiger partial charge in [0.1, 0.15) is 18.5 Å². The summed E-state index contributed by atoms with van der Waals surface area (Å²) in [7, 11) is 0. The Hall–Kier alpha value is -0.780. The zero-order valence-corrected chi connectivity index (χ0v) is 16.5. The van der Waals surface area contributed by atoms with E-state index in [-0.39, 0.29) is 19.0 Å². The van der Waals surface area contributed by atoms with E-state index in [1.54, 1.807) is 17.4 Å². The summed E-state index contributed by atoms with van der Waals surface area (Å²) in [6.07, 6.45) is 4.59. The number of hydrogen-bond acceptors (Lipinski definition) is 4. The summed E-state index contributed by atoms with van der Waals surface area (Å²) in [5.74, 6) is 1.28. The normalized spacial score (nSPS) is 17.0. The largest absolute Gasteiger partial charge is 0.489 e. The molecule has 3 rings (SSSR count). The molecule has 1 aliphatic rings. The smallest absolute Gasteiger partial charge is 0.138 e. The molecule has 0 aliphatic heterocycles. The first-order valence-electron chi connectivity index (χ1n) is 8.56. The third-order valence-corrected chi connectivity index (χ3v) is 5.83. The number of aliphatic hydroxyl groups is 1. The van der Waals surface area contributed by atoms with Crippen molar-refractivity contribution >= 4 is 35.3 Å². The molecule has 2 unspecified atom stereocenters. The Morgan fingerprint density at radius 1 is 1.20 bits per heavy atom. The SMILES string of the molecule is Cl.OC(CNC(c1cccs1)C1CCCC1)COc1ccccc1Cl. The van der Waals surface area contributed by atoms with Crippen LogP contribution in [-0.4, -0.2) is 24.4 Å².